The second-order valence-electron chi connectivity index (χ2n) is 5.70. The van der Waals surface area contributed by atoms with Crippen molar-refractivity contribution in [3.8, 4) is 0 Å². The third kappa shape index (κ3) is 3.63. The largest absolute Gasteiger partial charge is 0.396 e. The number of aliphatic hydroxyl groups is 1. The first-order chi connectivity index (χ1) is 11.7. The molecule has 0 saturated carbocycles. The lowest BCUT2D eigenvalue weighted by Gasteiger charge is -2.20. The number of benzene rings is 2. The summed E-state index contributed by atoms with van der Waals surface area (Å²) in [6.07, 6.45) is 4.23. The standard InChI is InChI=1S/C19H20FN3O/c1-23-11-10-21-19(23)18(15-3-2-4-16(20)13-15)22-17-7-5-14(6-8-17)9-12-24/h2-8,10-11,13,18,22,24H,9,12H2,1H3. The highest BCUT2D eigenvalue weighted by molar-refractivity contribution is 5.49. The second kappa shape index (κ2) is 7.27. The fourth-order valence-electron chi connectivity index (χ4n) is 2.70. The maximum absolute atomic E-state index is 13.7. The van der Waals surface area contributed by atoms with Gasteiger partial charge in [-0.25, -0.2) is 9.37 Å². The zero-order valence-electron chi connectivity index (χ0n) is 13.5. The summed E-state index contributed by atoms with van der Waals surface area (Å²) in [6, 6.07) is 14.1. The topological polar surface area (TPSA) is 50.1 Å². The molecule has 0 aliphatic carbocycles. The van der Waals surface area contributed by atoms with Crippen molar-refractivity contribution in [3.05, 3.63) is 83.7 Å². The minimum Gasteiger partial charge on any atom is -0.396 e. The van der Waals surface area contributed by atoms with Gasteiger partial charge in [0, 0.05) is 31.7 Å². The van der Waals surface area contributed by atoms with Crippen molar-refractivity contribution in [2.75, 3.05) is 11.9 Å². The van der Waals surface area contributed by atoms with E-state index < -0.39 is 0 Å². The van der Waals surface area contributed by atoms with Gasteiger partial charge in [-0.2, -0.15) is 0 Å². The van der Waals surface area contributed by atoms with Gasteiger partial charge in [0.25, 0.3) is 0 Å². The highest BCUT2D eigenvalue weighted by Crippen LogP contribution is 2.26. The van der Waals surface area contributed by atoms with Gasteiger partial charge >= 0.3 is 0 Å². The molecule has 1 atom stereocenters. The lowest BCUT2D eigenvalue weighted by molar-refractivity contribution is 0.299. The summed E-state index contributed by atoms with van der Waals surface area (Å²) < 4.78 is 15.6. The van der Waals surface area contributed by atoms with Gasteiger partial charge in [-0.1, -0.05) is 24.3 Å². The third-order valence-corrected chi connectivity index (χ3v) is 3.96. The summed E-state index contributed by atoms with van der Waals surface area (Å²) in [6.45, 7) is 0.131. The van der Waals surface area contributed by atoms with E-state index in [-0.39, 0.29) is 18.5 Å². The molecule has 1 unspecified atom stereocenters. The highest BCUT2D eigenvalue weighted by Gasteiger charge is 2.18. The van der Waals surface area contributed by atoms with Crippen molar-refractivity contribution in [2.24, 2.45) is 7.05 Å². The quantitative estimate of drug-likeness (QED) is 0.731. The molecule has 4 nitrogen and oxygen atoms in total. The summed E-state index contributed by atoms with van der Waals surface area (Å²) in [5.74, 6) is 0.534. The molecular formula is C19H20FN3O. The fraction of sp³-hybridized carbons (Fsp3) is 0.211. The summed E-state index contributed by atoms with van der Waals surface area (Å²) >= 11 is 0. The first-order valence-corrected chi connectivity index (χ1v) is 7.86. The number of nitrogens with one attached hydrogen (secondary N) is 1. The molecule has 0 bridgehead atoms. The van der Waals surface area contributed by atoms with E-state index in [1.54, 1.807) is 12.3 Å². The molecule has 24 heavy (non-hydrogen) atoms. The number of aliphatic hydroxyl groups excluding tert-OH is 1. The molecule has 124 valence electrons. The Kier molecular flexibility index (Phi) is 4.91. The average molecular weight is 325 g/mol. The minimum absolute atomic E-state index is 0.131. The van der Waals surface area contributed by atoms with E-state index in [9.17, 15) is 4.39 Å². The Morgan fingerprint density at radius 3 is 2.62 bits per heavy atom. The maximum Gasteiger partial charge on any atom is 0.135 e. The molecule has 3 rings (SSSR count). The third-order valence-electron chi connectivity index (χ3n) is 3.96. The van der Waals surface area contributed by atoms with E-state index in [1.165, 1.54) is 12.1 Å². The molecule has 1 heterocycles. The Bertz CT molecular complexity index is 798. The molecule has 1 aromatic heterocycles. The van der Waals surface area contributed by atoms with Gasteiger partial charge in [-0.15, -0.1) is 0 Å². The maximum atomic E-state index is 13.7. The summed E-state index contributed by atoms with van der Waals surface area (Å²) in [4.78, 5) is 4.41. The zero-order valence-corrected chi connectivity index (χ0v) is 13.5. The van der Waals surface area contributed by atoms with E-state index in [0.29, 0.717) is 6.42 Å². The number of rotatable bonds is 6. The Balaban J connectivity index is 1.92. The number of anilines is 1. The fourth-order valence-corrected chi connectivity index (χ4v) is 2.70. The van der Waals surface area contributed by atoms with Crippen LogP contribution in [-0.2, 0) is 13.5 Å². The average Bonchev–Trinajstić information content (AvgIpc) is 3.00. The molecule has 0 aliphatic rings. The SMILES string of the molecule is Cn1ccnc1C(Nc1ccc(CCO)cc1)c1cccc(F)c1. The van der Waals surface area contributed by atoms with Crippen LogP contribution < -0.4 is 5.32 Å². The van der Waals surface area contributed by atoms with Crippen molar-refractivity contribution in [1.29, 1.82) is 0 Å². The first-order valence-electron chi connectivity index (χ1n) is 7.86. The van der Waals surface area contributed by atoms with E-state index in [4.69, 9.17) is 5.11 Å². The molecule has 0 radical (unpaired) electrons. The van der Waals surface area contributed by atoms with Crippen LogP contribution in [-0.4, -0.2) is 21.3 Å². The molecule has 0 saturated heterocycles. The van der Waals surface area contributed by atoms with Gasteiger partial charge in [0.1, 0.15) is 17.7 Å². The minimum atomic E-state index is -0.271. The number of hydrogen-bond acceptors (Lipinski definition) is 3. The summed E-state index contributed by atoms with van der Waals surface area (Å²) in [5, 5.41) is 12.4. The van der Waals surface area contributed by atoms with Crippen molar-refractivity contribution in [1.82, 2.24) is 9.55 Å². The molecule has 0 amide bonds. The van der Waals surface area contributed by atoms with Crippen LogP contribution in [0.4, 0.5) is 10.1 Å². The Hall–Kier alpha value is -2.66. The van der Waals surface area contributed by atoms with Gasteiger partial charge in [-0.3, -0.25) is 0 Å². The molecule has 3 aromatic rings. The number of halogens is 1. The molecule has 0 aliphatic heterocycles. The van der Waals surface area contributed by atoms with Crippen molar-refractivity contribution in [2.45, 2.75) is 12.5 Å². The van der Waals surface area contributed by atoms with E-state index in [2.05, 4.69) is 10.3 Å². The summed E-state index contributed by atoms with van der Waals surface area (Å²) in [5.41, 5.74) is 2.79. The second-order valence-corrected chi connectivity index (χ2v) is 5.70. The highest BCUT2D eigenvalue weighted by atomic mass is 19.1. The molecule has 2 N–H and O–H groups in total. The van der Waals surface area contributed by atoms with Crippen LogP contribution in [0.15, 0.2) is 60.9 Å². The molecular weight excluding hydrogens is 305 g/mol. The van der Waals surface area contributed by atoms with Crippen molar-refractivity contribution in [3.63, 3.8) is 0 Å². The van der Waals surface area contributed by atoms with Crippen molar-refractivity contribution < 1.29 is 9.50 Å². The lowest BCUT2D eigenvalue weighted by atomic mass is 10.0. The molecule has 0 spiro atoms. The Morgan fingerprint density at radius 1 is 1.21 bits per heavy atom. The van der Waals surface area contributed by atoms with Gasteiger partial charge in [-0.05, 0) is 41.8 Å². The van der Waals surface area contributed by atoms with Crippen LogP contribution in [0.5, 0.6) is 0 Å². The number of aromatic nitrogens is 2. The van der Waals surface area contributed by atoms with Crippen LogP contribution in [0.1, 0.15) is 23.0 Å². The predicted molar refractivity (Wildman–Crippen MR) is 92.3 cm³/mol. The predicted octanol–water partition coefficient (Wildman–Crippen LogP) is 3.30. The smallest absolute Gasteiger partial charge is 0.135 e. The number of aryl methyl sites for hydroxylation is 1. The van der Waals surface area contributed by atoms with Crippen LogP contribution in [0.25, 0.3) is 0 Å². The summed E-state index contributed by atoms with van der Waals surface area (Å²) in [7, 11) is 1.92. The first kappa shape index (κ1) is 16.2. The number of nitrogens with zero attached hydrogens (tertiary/aromatic N) is 2. The Labute approximate surface area is 140 Å². The van der Waals surface area contributed by atoms with Crippen LogP contribution in [0.3, 0.4) is 0 Å². The van der Waals surface area contributed by atoms with E-state index >= 15 is 0 Å². The number of hydrogen-bond donors (Lipinski definition) is 2. The van der Waals surface area contributed by atoms with E-state index in [0.717, 1.165) is 22.6 Å². The van der Waals surface area contributed by atoms with Crippen LogP contribution in [0, 0.1) is 5.82 Å². The van der Waals surface area contributed by atoms with Crippen LogP contribution in [0.2, 0.25) is 0 Å². The monoisotopic (exact) mass is 325 g/mol. The van der Waals surface area contributed by atoms with Gasteiger partial charge in [0.05, 0.1) is 0 Å². The number of imidazole rings is 1. The van der Waals surface area contributed by atoms with Crippen LogP contribution >= 0.6 is 0 Å². The Morgan fingerprint density at radius 2 is 2.00 bits per heavy atom. The molecule has 2 aromatic carbocycles. The zero-order chi connectivity index (χ0) is 16.9. The van der Waals surface area contributed by atoms with Gasteiger partial charge in [0.15, 0.2) is 0 Å². The van der Waals surface area contributed by atoms with E-state index in [1.807, 2.05) is 48.1 Å². The van der Waals surface area contributed by atoms with Gasteiger partial charge in [0.2, 0.25) is 0 Å². The molecule has 0 fully saturated rings. The van der Waals surface area contributed by atoms with Gasteiger partial charge < -0.3 is 15.0 Å². The van der Waals surface area contributed by atoms with Crippen molar-refractivity contribution >= 4 is 5.69 Å². The molecule has 5 heteroatoms. The lowest BCUT2D eigenvalue weighted by Crippen LogP contribution is -2.17. The normalized spacial score (nSPS) is 12.1.